The van der Waals surface area contributed by atoms with Gasteiger partial charge in [0.2, 0.25) is 0 Å². The zero-order chi connectivity index (χ0) is 13.5. The minimum Gasteiger partial charge on any atom is -0.464 e. The van der Waals surface area contributed by atoms with E-state index in [1.807, 2.05) is 6.92 Å². The van der Waals surface area contributed by atoms with E-state index in [2.05, 4.69) is 5.32 Å². The number of hydrogen-bond donors (Lipinski definition) is 1. The summed E-state index contributed by atoms with van der Waals surface area (Å²) in [4.78, 5) is 11.8. The topological polar surface area (TPSA) is 38.3 Å². The normalized spacial score (nSPS) is 12.0. The number of aryl methyl sites for hydroxylation is 1. The van der Waals surface area contributed by atoms with E-state index < -0.39 is 0 Å². The number of anilines is 1. The van der Waals surface area contributed by atoms with Gasteiger partial charge >= 0.3 is 5.97 Å². The van der Waals surface area contributed by atoms with Gasteiger partial charge in [0.1, 0.15) is 11.9 Å². The molecule has 0 bridgehead atoms. The largest absolute Gasteiger partial charge is 0.464 e. The summed E-state index contributed by atoms with van der Waals surface area (Å²) in [6.07, 6.45) is 1.56. The lowest BCUT2D eigenvalue weighted by molar-refractivity contribution is -0.144. The van der Waals surface area contributed by atoms with Crippen LogP contribution in [0.25, 0.3) is 0 Å². The van der Waals surface area contributed by atoms with Gasteiger partial charge in [0.05, 0.1) is 6.61 Å². The van der Waals surface area contributed by atoms with Crippen LogP contribution in [0.5, 0.6) is 0 Å². The molecule has 4 heteroatoms. The third kappa shape index (κ3) is 4.02. The molecule has 100 valence electrons. The Hall–Kier alpha value is -1.58. The van der Waals surface area contributed by atoms with Crippen LogP contribution in [0, 0.1) is 12.7 Å². The number of ether oxygens (including phenoxy) is 1. The first-order chi connectivity index (χ1) is 8.58. The van der Waals surface area contributed by atoms with Gasteiger partial charge < -0.3 is 10.1 Å². The Balaban J connectivity index is 2.79. The highest BCUT2D eigenvalue weighted by molar-refractivity contribution is 5.79. The first-order valence-electron chi connectivity index (χ1n) is 6.27. The molecule has 0 saturated heterocycles. The number of carbonyl (C=O) groups is 1. The van der Waals surface area contributed by atoms with Crippen molar-refractivity contribution in [3.05, 3.63) is 29.6 Å². The Kier molecular flexibility index (Phi) is 5.62. The molecule has 18 heavy (non-hydrogen) atoms. The highest BCUT2D eigenvalue weighted by Gasteiger charge is 2.19. The summed E-state index contributed by atoms with van der Waals surface area (Å²) >= 11 is 0. The Labute approximate surface area is 107 Å². The van der Waals surface area contributed by atoms with Crippen LogP contribution in [-0.2, 0) is 9.53 Å². The van der Waals surface area contributed by atoms with Gasteiger partial charge in [0, 0.05) is 5.69 Å². The third-order valence-electron chi connectivity index (χ3n) is 2.67. The Morgan fingerprint density at radius 3 is 2.72 bits per heavy atom. The van der Waals surface area contributed by atoms with E-state index in [1.165, 1.54) is 12.1 Å². The Bertz CT molecular complexity index is 407. The average molecular weight is 253 g/mol. The number of hydrogen-bond acceptors (Lipinski definition) is 3. The van der Waals surface area contributed by atoms with Gasteiger partial charge in [-0.25, -0.2) is 9.18 Å². The predicted octanol–water partition coefficient (Wildman–Crippen LogP) is 3.28. The molecule has 1 atom stereocenters. The fourth-order valence-electron chi connectivity index (χ4n) is 1.76. The van der Waals surface area contributed by atoms with Crippen molar-refractivity contribution in [1.29, 1.82) is 0 Å². The molecule has 1 rings (SSSR count). The van der Waals surface area contributed by atoms with Gasteiger partial charge in [0.15, 0.2) is 0 Å². The molecule has 0 aliphatic carbocycles. The highest BCUT2D eigenvalue weighted by atomic mass is 19.1. The molecule has 1 N–H and O–H groups in total. The second kappa shape index (κ2) is 6.99. The van der Waals surface area contributed by atoms with Gasteiger partial charge in [-0.15, -0.1) is 0 Å². The maximum absolute atomic E-state index is 13.0. The molecule has 0 saturated carbocycles. The van der Waals surface area contributed by atoms with Crippen LogP contribution in [0.1, 0.15) is 32.3 Å². The van der Waals surface area contributed by atoms with Crippen LogP contribution in [0.3, 0.4) is 0 Å². The first-order valence-corrected chi connectivity index (χ1v) is 6.27. The van der Waals surface area contributed by atoms with Crippen molar-refractivity contribution in [2.24, 2.45) is 0 Å². The molecule has 0 radical (unpaired) electrons. The van der Waals surface area contributed by atoms with E-state index >= 15 is 0 Å². The fourth-order valence-corrected chi connectivity index (χ4v) is 1.76. The number of esters is 1. The van der Waals surface area contributed by atoms with Crippen molar-refractivity contribution >= 4 is 11.7 Å². The van der Waals surface area contributed by atoms with Crippen LogP contribution in [0.15, 0.2) is 18.2 Å². The summed E-state index contributed by atoms with van der Waals surface area (Å²) in [6, 6.07) is 4.09. The van der Waals surface area contributed by atoms with Crippen molar-refractivity contribution in [2.75, 3.05) is 11.9 Å². The number of halogens is 1. The minimum atomic E-state index is -0.376. The van der Waals surface area contributed by atoms with Gasteiger partial charge in [-0.1, -0.05) is 13.3 Å². The summed E-state index contributed by atoms with van der Waals surface area (Å²) < 4.78 is 18.0. The van der Waals surface area contributed by atoms with E-state index in [1.54, 1.807) is 19.9 Å². The molecular weight excluding hydrogens is 233 g/mol. The van der Waals surface area contributed by atoms with Crippen molar-refractivity contribution in [3.8, 4) is 0 Å². The van der Waals surface area contributed by atoms with Gasteiger partial charge in [-0.2, -0.15) is 0 Å². The summed E-state index contributed by atoms with van der Waals surface area (Å²) in [7, 11) is 0. The van der Waals surface area contributed by atoms with Crippen molar-refractivity contribution < 1.29 is 13.9 Å². The van der Waals surface area contributed by atoms with Crippen LogP contribution in [-0.4, -0.2) is 18.6 Å². The third-order valence-corrected chi connectivity index (χ3v) is 2.67. The molecule has 1 aromatic carbocycles. The average Bonchev–Trinajstić information content (AvgIpc) is 2.32. The quantitative estimate of drug-likeness (QED) is 0.791. The monoisotopic (exact) mass is 253 g/mol. The fraction of sp³-hybridized carbons (Fsp3) is 0.500. The minimum absolute atomic E-state index is 0.261. The maximum Gasteiger partial charge on any atom is 0.328 e. The summed E-state index contributed by atoms with van der Waals surface area (Å²) in [5.41, 5.74) is 1.54. The SMILES string of the molecule is CCCC(Nc1ccc(F)cc1C)C(=O)OCC. The lowest BCUT2D eigenvalue weighted by Gasteiger charge is -2.19. The first kappa shape index (κ1) is 14.5. The molecule has 0 fully saturated rings. The van der Waals surface area contributed by atoms with E-state index in [-0.39, 0.29) is 17.8 Å². The summed E-state index contributed by atoms with van der Waals surface area (Å²) in [5, 5.41) is 3.12. The second-order valence-corrected chi connectivity index (χ2v) is 4.20. The molecule has 3 nitrogen and oxygen atoms in total. The molecule has 0 aliphatic heterocycles. The second-order valence-electron chi connectivity index (χ2n) is 4.20. The maximum atomic E-state index is 13.0. The number of benzene rings is 1. The van der Waals surface area contributed by atoms with Gasteiger partial charge in [-0.3, -0.25) is 0 Å². The zero-order valence-corrected chi connectivity index (χ0v) is 11.1. The van der Waals surface area contributed by atoms with Crippen LogP contribution in [0.2, 0.25) is 0 Å². The van der Waals surface area contributed by atoms with Crippen LogP contribution >= 0.6 is 0 Å². The Morgan fingerprint density at radius 2 is 2.17 bits per heavy atom. The lowest BCUT2D eigenvalue weighted by Crippen LogP contribution is -2.31. The van der Waals surface area contributed by atoms with Crippen molar-refractivity contribution in [2.45, 2.75) is 39.7 Å². The predicted molar refractivity (Wildman–Crippen MR) is 70.1 cm³/mol. The molecule has 1 aromatic rings. The molecular formula is C14H20FNO2. The molecule has 0 aromatic heterocycles. The molecule has 0 amide bonds. The van der Waals surface area contributed by atoms with E-state index in [0.717, 1.165) is 17.7 Å². The number of rotatable bonds is 6. The van der Waals surface area contributed by atoms with Gasteiger partial charge in [-0.05, 0) is 44.0 Å². The van der Waals surface area contributed by atoms with E-state index in [4.69, 9.17) is 4.74 Å². The number of nitrogens with one attached hydrogen (secondary N) is 1. The van der Waals surface area contributed by atoms with Gasteiger partial charge in [0.25, 0.3) is 0 Å². The van der Waals surface area contributed by atoms with Crippen LogP contribution in [0.4, 0.5) is 10.1 Å². The number of carbonyl (C=O) groups excluding carboxylic acids is 1. The van der Waals surface area contributed by atoms with E-state index in [9.17, 15) is 9.18 Å². The molecule has 0 aliphatic rings. The van der Waals surface area contributed by atoms with Crippen molar-refractivity contribution in [3.63, 3.8) is 0 Å². The molecule has 0 spiro atoms. The van der Waals surface area contributed by atoms with E-state index in [0.29, 0.717) is 13.0 Å². The zero-order valence-electron chi connectivity index (χ0n) is 11.1. The molecule has 1 unspecified atom stereocenters. The lowest BCUT2D eigenvalue weighted by atomic mass is 10.1. The summed E-state index contributed by atoms with van der Waals surface area (Å²) in [5.74, 6) is -0.538. The van der Waals surface area contributed by atoms with Crippen molar-refractivity contribution in [1.82, 2.24) is 0 Å². The Morgan fingerprint density at radius 1 is 1.44 bits per heavy atom. The highest BCUT2D eigenvalue weighted by Crippen LogP contribution is 2.18. The molecule has 0 heterocycles. The summed E-state index contributed by atoms with van der Waals surface area (Å²) in [6.45, 7) is 5.96. The standard InChI is InChI=1S/C14H20FNO2/c1-4-6-13(14(17)18-5-2)16-12-8-7-11(15)9-10(12)3/h7-9,13,16H,4-6H2,1-3H3. The van der Waals surface area contributed by atoms with Crippen LogP contribution < -0.4 is 5.32 Å². The smallest absolute Gasteiger partial charge is 0.328 e.